The molecule has 1 rings (SSSR count). The minimum Gasteiger partial charge on any atom is -0.396 e. The van der Waals surface area contributed by atoms with Gasteiger partial charge in [0.25, 0.3) is 0 Å². The van der Waals surface area contributed by atoms with Gasteiger partial charge in [0.15, 0.2) is 0 Å². The van der Waals surface area contributed by atoms with E-state index in [2.05, 4.69) is 6.92 Å². The smallest absolute Gasteiger partial charge is 0.0476 e. The first-order valence-electron chi connectivity index (χ1n) is 3.62. The Morgan fingerprint density at radius 2 is 2.22 bits per heavy atom. The van der Waals surface area contributed by atoms with Crippen molar-refractivity contribution in [1.82, 2.24) is 0 Å². The number of aliphatic hydroxyl groups excluding tert-OH is 1. The summed E-state index contributed by atoms with van der Waals surface area (Å²) in [6.07, 6.45) is 3.21. The summed E-state index contributed by atoms with van der Waals surface area (Å²) < 4.78 is 0. The average Bonchev–Trinajstić information content (AvgIpc) is 2.52. The second-order valence-electron chi connectivity index (χ2n) is 3.02. The Hall–Kier alpha value is -0.0800. The highest BCUT2D eigenvalue weighted by molar-refractivity contribution is 5.03. The van der Waals surface area contributed by atoms with Gasteiger partial charge in [0.05, 0.1) is 0 Å². The van der Waals surface area contributed by atoms with E-state index in [-0.39, 0.29) is 12.1 Å². The summed E-state index contributed by atoms with van der Waals surface area (Å²) in [4.78, 5) is 0. The molecule has 0 amide bonds. The van der Waals surface area contributed by atoms with E-state index in [4.69, 9.17) is 10.8 Å². The molecule has 0 spiro atoms. The highest BCUT2D eigenvalue weighted by Gasteiger charge is 2.44. The summed E-state index contributed by atoms with van der Waals surface area (Å²) >= 11 is 0. The molecule has 0 aromatic carbocycles. The van der Waals surface area contributed by atoms with Crippen LogP contribution in [0.4, 0.5) is 0 Å². The molecule has 54 valence electrons. The van der Waals surface area contributed by atoms with E-state index in [1.807, 2.05) is 0 Å². The van der Waals surface area contributed by atoms with Gasteiger partial charge in [-0.3, -0.25) is 0 Å². The summed E-state index contributed by atoms with van der Waals surface area (Å²) in [5.41, 5.74) is 5.87. The first-order valence-corrected chi connectivity index (χ1v) is 3.62. The molecular formula is C7H15NO. The Labute approximate surface area is 56.1 Å². The van der Waals surface area contributed by atoms with Crippen molar-refractivity contribution in [2.24, 2.45) is 11.7 Å². The lowest BCUT2D eigenvalue weighted by atomic mass is 9.96. The molecule has 1 aliphatic rings. The van der Waals surface area contributed by atoms with E-state index >= 15 is 0 Å². The molecule has 3 N–H and O–H groups in total. The molecular weight excluding hydrogens is 114 g/mol. The Bertz CT molecular complexity index is 95.1. The summed E-state index contributed by atoms with van der Waals surface area (Å²) in [6.45, 7) is 2.33. The molecule has 9 heavy (non-hydrogen) atoms. The Kier molecular flexibility index (Phi) is 1.78. The maximum absolute atomic E-state index is 8.82. The minimum absolute atomic E-state index is 0.0174. The maximum Gasteiger partial charge on any atom is 0.0476 e. The zero-order valence-corrected chi connectivity index (χ0v) is 5.93. The molecule has 1 unspecified atom stereocenters. The Morgan fingerprint density at radius 1 is 1.67 bits per heavy atom. The minimum atomic E-state index is 0.0174. The molecule has 1 aliphatic carbocycles. The normalized spacial score (nSPS) is 25.7. The van der Waals surface area contributed by atoms with Gasteiger partial charge in [-0.1, -0.05) is 6.92 Å². The van der Waals surface area contributed by atoms with Crippen LogP contribution in [0.3, 0.4) is 0 Å². The van der Waals surface area contributed by atoms with Crippen molar-refractivity contribution in [3.05, 3.63) is 0 Å². The molecule has 2 heteroatoms. The monoisotopic (exact) mass is 129 g/mol. The first kappa shape index (κ1) is 7.03. The number of hydrogen-bond acceptors (Lipinski definition) is 2. The number of rotatable bonds is 3. The van der Waals surface area contributed by atoms with Gasteiger partial charge in [0.2, 0.25) is 0 Å². The second-order valence-corrected chi connectivity index (χ2v) is 3.02. The lowest BCUT2D eigenvalue weighted by Crippen LogP contribution is -2.34. The van der Waals surface area contributed by atoms with Crippen molar-refractivity contribution in [1.29, 1.82) is 0 Å². The van der Waals surface area contributed by atoms with Crippen molar-refractivity contribution < 1.29 is 5.11 Å². The average molecular weight is 129 g/mol. The summed E-state index contributed by atoms with van der Waals surface area (Å²) in [5, 5.41) is 8.82. The van der Waals surface area contributed by atoms with Gasteiger partial charge in [-0.05, 0) is 25.2 Å². The standard InChI is InChI=1S/C7H15NO/c1-2-6(5-9)7(8)3-4-7/h6,9H,2-5,8H2,1H3. The van der Waals surface area contributed by atoms with Crippen LogP contribution in [0.15, 0.2) is 0 Å². The van der Waals surface area contributed by atoms with Gasteiger partial charge in [0.1, 0.15) is 0 Å². The van der Waals surface area contributed by atoms with Crippen molar-refractivity contribution in [3.63, 3.8) is 0 Å². The third kappa shape index (κ3) is 1.25. The van der Waals surface area contributed by atoms with Crippen molar-refractivity contribution in [2.75, 3.05) is 6.61 Å². The van der Waals surface area contributed by atoms with E-state index in [1.54, 1.807) is 0 Å². The number of nitrogens with two attached hydrogens (primary N) is 1. The SMILES string of the molecule is CCC(CO)C1(N)CC1. The lowest BCUT2D eigenvalue weighted by molar-refractivity contribution is 0.192. The van der Waals surface area contributed by atoms with Gasteiger partial charge < -0.3 is 10.8 Å². The van der Waals surface area contributed by atoms with Crippen LogP contribution in [-0.2, 0) is 0 Å². The van der Waals surface area contributed by atoms with Crippen LogP contribution in [-0.4, -0.2) is 17.3 Å². The fourth-order valence-electron chi connectivity index (χ4n) is 1.27. The first-order chi connectivity index (χ1) is 4.23. The predicted molar refractivity (Wildman–Crippen MR) is 37.0 cm³/mol. The third-order valence-electron chi connectivity index (χ3n) is 2.35. The van der Waals surface area contributed by atoms with Crippen LogP contribution in [0.2, 0.25) is 0 Å². The second kappa shape index (κ2) is 2.27. The number of hydrogen-bond donors (Lipinski definition) is 2. The Morgan fingerprint density at radius 3 is 2.33 bits per heavy atom. The summed E-state index contributed by atoms with van der Waals surface area (Å²) in [7, 11) is 0. The quantitative estimate of drug-likeness (QED) is 0.582. The zero-order valence-electron chi connectivity index (χ0n) is 5.93. The van der Waals surface area contributed by atoms with Gasteiger partial charge in [-0.15, -0.1) is 0 Å². The van der Waals surface area contributed by atoms with E-state index in [0.29, 0.717) is 5.92 Å². The highest BCUT2D eigenvalue weighted by atomic mass is 16.3. The molecule has 0 saturated heterocycles. The van der Waals surface area contributed by atoms with E-state index in [1.165, 1.54) is 0 Å². The molecule has 0 radical (unpaired) electrons. The molecule has 0 bridgehead atoms. The van der Waals surface area contributed by atoms with E-state index < -0.39 is 0 Å². The van der Waals surface area contributed by atoms with Crippen LogP contribution in [0.25, 0.3) is 0 Å². The molecule has 0 aromatic rings. The molecule has 1 atom stereocenters. The summed E-state index contributed by atoms with van der Waals surface area (Å²) in [5.74, 6) is 0.345. The lowest BCUT2D eigenvalue weighted by Gasteiger charge is -2.18. The topological polar surface area (TPSA) is 46.2 Å². The largest absolute Gasteiger partial charge is 0.396 e. The van der Waals surface area contributed by atoms with E-state index in [0.717, 1.165) is 19.3 Å². The van der Waals surface area contributed by atoms with Gasteiger partial charge in [-0.2, -0.15) is 0 Å². The highest BCUT2D eigenvalue weighted by Crippen LogP contribution is 2.40. The fourth-order valence-corrected chi connectivity index (χ4v) is 1.27. The van der Waals surface area contributed by atoms with Crippen LogP contribution in [0, 0.1) is 5.92 Å². The van der Waals surface area contributed by atoms with Crippen molar-refractivity contribution in [3.8, 4) is 0 Å². The van der Waals surface area contributed by atoms with Gasteiger partial charge in [0, 0.05) is 12.1 Å². The van der Waals surface area contributed by atoms with Gasteiger partial charge in [-0.25, -0.2) is 0 Å². The van der Waals surface area contributed by atoms with E-state index in [9.17, 15) is 0 Å². The molecule has 1 saturated carbocycles. The molecule has 0 heterocycles. The van der Waals surface area contributed by atoms with Crippen LogP contribution >= 0.6 is 0 Å². The van der Waals surface area contributed by atoms with Gasteiger partial charge >= 0.3 is 0 Å². The number of aliphatic hydroxyl groups is 1. The van der Waals surface area contributed by atoms with Crippen LogP contribution in [0.1, 0.15) is 26.2 Å². The van der Waals surface area contributed by atoms with Crippen molar-refractivity contribution >= 4 is 0 Å². The third-order valence-corrected chi connectivity index (χ3v) is 2.35. The molecule has 1 fully saturated rings. The fraction of sp³-hybridized carbons (Fsp3) is 1.00. The Balaban J connectivity index is 2.37. The summed E-state index contributed by atoms with van der Waals surface area (Å²) in [6, 6.07) is 0. The molecule has 0 aromatic heterocycles. The molecule has 0 aliphatic heterocycles. The zero-order chi connectivity index (χ0) is 6.91. The molecule has 2 nitrogen and oxygen atoms in total. The van der Waals surface area contributed by atoms with Crippen molar-refractivity contribution in [2.45, 2.75) is 31.7 Å². The predicted octanol–water partition coefficient (Wildman–Crippen LogP) is 0.496. The van der Waals surface area contributed by atoms with Crippen LogP contribution < -0.4 is 5.73 Å². The maximum atomic E-state index is 8.82. The van der Waals surface area contributed by atoms with Crippen LogP contribution in [0.5, 0.6) is 0 Å².